The zero-order chi connectivity index (χ0) is 14.2. The molecule has 3 amide bonds. The third-order valence-corrected chi connectivity index (χ3v) is 3.26. The minimum atomic E-state index is -0.749. The van der Waals surface area contributed by atoms with Gasteiger partial charge in [0.25, 0.3) is 5.91 Å². The molecule has 1 unspecified atom stereocenters. The zero-order valence-electron chi connectivity index (χ0n) is 10.1. The molecule has 1 aliphatic rings. The van der Waals surface area contributed by atoms with Crippen LogP contribution in [0.15, 0.2) is 18.2 Å². The predicted octanol–water partition coefficient (Wildman–Crippen LogP) is 0.409. The number of hydrogen-bond donors (Lipinski definition) is 2. The first-order chi connectivity index (χ1) is 8.91. The Labute approximate surface area is 114 Å². The monoisotopic (exact) mass is 281 g/mol. The van der Waals surface area contributed by atoms with Crippen LogP contribution in [0.2, 0.25) is 5.02 Å². The number of anilines is 1. The molecule has 0 radical (unpaired) electrons. The van der Waals surface area contributed by atoms with E-state index in [9.17, 15) is 14.4 Å². The summed E-state index contributed by atoms with van der Waals surface area (Å²) < 4.78 is 0. The fourth-order valence-corrected chi connectivity index (χ4v) is 2.13. The van der Waals surface area contributed by atoms with E-state index in [4.69, 9.17) is 17.3 Å². The lowest BCUT2D eigenvalue weighted by Crippen LogP contribution is -2.58. The van der Waals surface area contributed by atoms with Gasteiger partial charge in [-0.15, -0.1) is 0 Å². The fourth-order valence-electron chi connectivity index (χ4n) is 1.87. The Bertz CT molecular complexity index is 553. The Morgan fingerprint density at radius 2 is 2.16 bits per heavy atom. The van der Waals surface area contributed by atoms with Crippen molar-refractivity contribution in [3.8, 4) is 0 Å². The summed E-state index contributed by atoms with van der Waals surface area (Å²) in [5.41, 5.74) is 6.05. The van der Waals surface area contributed by atoms with E-state index in [-0.39, 0.29) is 22.8 Å². The lowest BCUT2D eigenvalue weighted by atomic mass is 10.1. The lowest BCUT2D eigenvalue weighted by molar-refractivity contribution is -0.138. The Morgan fingerprint density at radius 3 is 2.79 bits per heavy atom. The van der Waals surface area contributed by atoms with Crippen LogP contribution in [0.3, 0.4) is 0 Å². The molecule has 1 saturated heterocycles. The minimum absolute atomic E-state index is 0.110. The third-order valence-electron chi connectivity index (χ3n) is 2.94. The molecule has 1 aliphatic heterocycles. The average molecular weight is 282 g/mol. The Morgan fingerprint density at radius 1 is 1.47 bits per heavy atom. The maximum atomic E-state index is 12.4. The van der Waals surface area contributed by atoms with Crippen LogP contribution in [0.1, 0.15) is 17.3 Å². The largest absolute Gasteiger partial charge is 0.398 e. The standard InChI is InChI=1S/C12H12ClN3O3/c1-6-11(18)15-9(17)5-16(6)12(19)10-7(13)3-2-4-8(10)14/h2-4,6H,5,14H2,1H3,(H,15,17,18). The van der Waals surface area contributed by atoms with Crippen molar-refractivity contribution >= 4 is 35.0 Å². The van der Waals surface area contributed by atoms with E-state index < -0.39 is 23.8 Å². The first-order valence-corrected chi connectivity index (χ1v) is 5.98. The zero-order valence-corrected chi connectivity index (χ0v) is 10.9. The van der Waals surface area contributed by atoms with Crippen molar-refractivity contribution in [2.24, 2.45) is 0 Å². The normalized spacial score (nSPS) is 19.3. The number of nitrogens with zero attached hydrogens (tertiary/aromatic N) is 1. The second-order valence-electron chi connectivity index (χ2n) is 4.23. The summed E-state index contributed by atoms with van der Waals surface area (Å²) in [7, 11) is 0. The summed E-state index contributed by atoms with van der Waals surface area (Å²) in [6, 6.07) is 3.93. The SMILES string of the molecule is CC1C(=O)NC(=O)CN1C(=O)c1c(N)cccc1Cl. The summed E-state index contributed by atoms with van der Waals surface area (Å²) in [6.07, 6.45) is 0. The number of amides is 3. The van der Waals surface area contributed by atoms with Gasteiger partial charge >= 0.3 is 0 Å². The van der Waals surface area contributed by atoms with Crippen molar-refractivity contribution in [2.75, 3.05) is 12.3 Å². The number of carbonyl (C=O) groups is 3. The summed E-state index contributed by atoms with van der Waals surface area (Å²) in [5.74, 6) is -1.57. The number of nitrogens with one attached hydrogen (secondary N) is 1. The van der Waals surface area contributed by atoms with E-state index in [1.165, 1.54) is 19.1 Å². The van der Waals surface area contributed by atoms with Gasteiger partial charge in [-0.1, -0.05) is 17.7 Å². The number of benzene rings is 1. The van der Waals surface area contributed by atoms with Gasteiger partial charge in [0.1, 0.15) is 12.6 Å². The van der Waals surface area contributed by atoms with Crippen LogP contribution >= 0.6 is 11.6 Å². The van der Waals surface area contributed by atoms with E-state index in [0.717, 1.165) is 4.90 Å². The molecule has 1 heterocycles. The number of nitrogen functional groups attached to an aromatic ring is 1. The van der Waals surface area contributed by atoms with Crippen LogP contribution in [0.25, 0.3) is 0 Å². The van der Waals surface area contributed by atoms with Crippen molar-refractivity contribution in [1.29, 1.82) is 0 Å². The molecule has 19 heavy (non-hydrogen) atoms. The molecule has 1 atom stereocenters. The summed E-state index contributed by atoms with van der Waals surface area (Å²) >= 11 is 5.95. The molecule has 1 fully saturated rings. The quantitative estimate of drug-likeness (QED) is 0.576. The molecule has 0 aliphatic carbocycles. The van der Waals surface area contributed by atoms with E-state index >= 15 is 0 Å². The van der Waals surface area contributed by atoms with Crippen molar-refractivity contribution < 1.29 is 14.4 Å². The topological polar surface area (TPSA) is 92.5 Å². The molecule has 0 bridgehead atoms. The highest BCUT2D eigenvalue weighted by molar-refractivity contribution is 6.34. The number of piperazine rings is 1. The van der Waals surface area contributed by atoms with Crippen molar-refractivity contribution in [3.63, 3.8) is 0 Å². The van der Waals surface area contributed by atoms with Crippen LogP contribution in [-0.2, 0) is 9.59 Å². The summed E-state index contributed by atoms with van der Waals surface area (Å²) in [6.45, 7) is 1.34. The number of carbonyl (C=O) groups excluding carboxylic acids is 3. The van der Waals surface area contributed by atoms with Crippen LogP contribution < -0.4 is 11.1 Å². The van der Waals surface area contributed by atoms with E-state index in [0.29, 0.717) is 0 Å². The molecule has 1 aromatic carbocycles. The van der Waals surface area contributed by atoms with Crippen LogP contribution in [-0.4, -0.2) is 35.2 Å². The molecule has 1 aromatic rings. The maximum absolute atomic E-state index is 12.4. The van der Waals surface area contributed by atoms with Crippen LogP contribution in [0, 0.1) is 0 Å². The predicted molar refractivity (Wildman–Crippen MR) is 69.5 cm³/mol. The highest BCUT2D eigenvalue weighted by atomic mass is 35.5. The van der Waals surface area contributed by atoms with E-state index in [1.807, 2.05) is 0 Å². The van der Waals surface area contributed by atoms with Gasteiger partial charge in [-0.05, 0) is 19.1 Å². The number of halogens is 1. The molecular weight excluding hydrogens is 270 g/mol. The van der Waals surface area contributed by atoms with Crippen LogP contribution in [0.4, 0.5) is 5.69 Å². The van der Waals surface area contributed by atoms with Gasteiger partial charge in [-0.2, -0.15) is 0 Å². The maximum Gasteiger partial charge on any atom is 0.258 e. The van der Waals surface area contributed by atoms with Crippen molar-refractivity contribution in [1.82, 2.24) is 10.2 Å². The first-order valence-electron chi connectivity index (χ1n) is 5.60. The Kier molecular flexibility index (Phi) is 3.44. The van der Waals surface area contributed by atoms with Gasteiger partial charge in [0, 0.05) is 5.69 Å². The van der Waals surface area contributed by atoms with Gasteiger partial charge in [-0.3, -0.25) is 19.7 Å². The number of hydrogen-bond acceptors (Lipinski definition) is 4. The first kappa shape index (κ1) is 13.4. The Balaban J connectivity index is 2.38. The molecule has 6 nitrogen and oxygen atoms in total. The molecule has 0 spiro atoms. The average Bonchev–Trinajstić information content (AvgIpc) is 2.33. The second kappa shape index (κ2) is 4.89. The third kappa shape index (κ3) is 2.39. The number of rotatable bonds is 1. The van der Waals surface area contributed by atoms with E-state index in [1.54, 1.807) is 6.07 Å². The highest BCUT2D eigenvalue weighted by Gasteiger charge is 2.35. The summed E-state index contributed by atoms with van der Waals surface area (Å²) in [4.78, 5) is 36.4. The Hall–Kier alpha value is -2.08. The second-order valence-corrected chi connectivity index (χ2v) is 4.63. The minimum Gasteiger partial charge on any atom is -0.398 e. The van der Waals surface area contributed by atoms with E-state index in [2.05, 4.69) is 5.32 Å². The molecule has 100 valence electrons. The van der Waals surface area contributed by atoms with Gasteiger partial charge in [0.2, 0.25) is 11.8 Å². The molecular formula is C12H12ClN3O3. The van der Waals surface area contributed by atoms with Crippen LogP contribution in [0.5, 0.6) is 0 Å². The fraction of sp³-hybridized carbons (Fsp3) is 0.250. The molecule has 0 aromatic heterocycles. The van der Waals surface area contributed by atoms with Crippen molar-refractivity contribution in [2.45, 2.75) is 13.0 Å². The lowest BCUT2D eigenvalue weighted by Gasteiger charge is -2.32. The number of imide groups is 1. The highest BCUT2D eigenvalue weighted by Crippen LogP contribution is 2.24. The summed E-state index contributed by atoms with van der Waals surface area (Å²) in [5, 5.41) is 2.35. The number of nitrogens with two attached hydrogens (primary N) is 1. The molecule has 0 saturated carbocycles. The molecule has 3 N–H and O–H groups in total. The van der Waals surface area contributed by atoms with Gasteiger partial charge in [0.05, 0.1) is 10.6 Å². The smallest absolute Gasteiger partial charge is 0.258 e. The van der Waals surface area contributed by atoms with Crippen molar-refractivity contribution in [3.05, 3.63) is 28.8 Å². The molecule has 7 heteroatoms. The molecule has 2 rings (SSSR count). The van der Waals surface area contributed by atoms with Gasteiger partial charge in [0.15, 0.2) is 0 Å². The van der Waals surface area contributed by atoms with Gasteiger partial charge in [-0.25, -0.2) is 0 Å². The van der Waals surface area contributed by atoms with Gasteiger partial charge < -0.3 is 10.6 Å².